The Balaban J connectivity index is 1.62. The molecule has 0 saturated carbocycles. The van der Waals surface area contributed by atoms with Gasteiger partial charge in [-0.05, 0) is 37.3 Å². The number of nitrogens with zero attached hydrogens (tertiary/aromatic N) is 1. The maximum atomic E-state index is 12.0. The van der Waals surface area contributed by atoms with Gasteiger partial charge in [-0.15, -0.1) is 0 Å². The van der Waals surface area contributed by atoms with Crippen molar-refractivity contribution in [3.05, 3.63) is 66.6 Å². The Morgan fingerprint density at radius 1 is 1.09 bits per heavy atom. The fourth-order valence-electron chi connectivity index (χ4n) is 2.16. The Kier molecular flexibility index (Phi) is 4.38. The summed E-state index contributed by atoms with van der Waals surface area (Å²) >= 11 is 0. The molecule has 0 atom stereocenters. The minimum atomic E-state index is -0.116. The molecule has 3 rings (SSSR count). The van der Waals surface area contributed by atoms with E-state index in [1.165, 1.54) is 0 Å². The first-order valence-electron chi connectivity index (χ1n) is 7.32. The normalized spacial score (nSPS) is 10.3. The van der Waals surface area contributed by atoms with Crippen LogP contribution in [0.2, 0.25) is 0 Å². The summed E-state index contributed by atoms with van der Waals surface area (Å²) in [6.07, 6.45) is 1.60. The number of para-hydroxylation sites is 1. The van der Waals surface area contributed by atoms with Gasteiger partial charge in [0.05, 0.1) is 12.2 Å². The molecule has 0 aliphatic rings. The van der Waals surface area contributed by atoms with E-state index in [1.807, 2.05) is 61.5 Å². The van der Waals surface area contributed by atoms with Gasteiger partial charge in [0.2, 0.25) is 11.8 Å². The predicted octanol–water partition coefficient (Wildman–Crippen LogP) is 3.70. The summed E-state index contributed by atoms with van der Waals surface area (Å²) in [6, 6.07) is 17.0. The van der Waals surface area contributed by atoms with Crippen LogP contribution in [-0.2, 0) is 4.79 Å². The summed E-state index contributed by atoms with van der Waals surface area (Å²) in [4.78, 5) is 16.3. The van der Waals surface area contributed by atoms with Gasteiger partial charge in [0.15, 0.2) is 0 Å². The lowest BCUT2D eigenvalue weighted by atomic mass is 10.2. The van der Waals surface area contributed by atoms with Gasteiger partial charge in [-0.3, -0.25) is 4.79 Å². The average molecular weight is 307 g/mol. The zero-order chi connectivity index (χ0) is 16.1. The monoisotopic (exact) mass is 307 g/mol. The summed E-state index contributed by atoms with van der Waals surface area (Å²) in [7, 11) is 0. The number of amides is 1. The Morgan fingerprint density at radius 3 is 2.61 bits per heavy atom. The largest absolute Gasteiger partial charge is 0.444 e. The van der Waals surface area contributed by atoms with E-state index in [1.54, 1.807) is 6.26 Å². The lowest BCUT2D eigenvalue weighted by Gasteiger charge is -2.08. The molecule has 1 amide bonds. The maximum absolute atomic E-state index is 12.0. The number of aromatic nitrogens is 1. The quantitative estimate of drug-likeness (QED) is 0.754. The molecule has 2 N–H and O–H groups in total. The standard InChI is InChI=1S/C18H17N3O2/c1-13-12-23-18(20-13)14-6-5-9-16(10-14)21-17(22)11-19-15-7-3-2-4-8-15/h2-10,12,19H,11H2,1H3,(H,21,22). The molecule has 1 aromatic heterocycles. The highest BCUT2D eigenvalue weighted by atomic mass is 16.3. The van der Waals surface area contributed by atoms with Crippen LogP contribution < -0.4 is 10.6 Å². The molecule has 5 nitrogen and oxygen atoms in total. The van der Waals surface area contributed by atoms with Crippen molar-refractivity contribution in [2.24, 2.45) is 0 Å². The number of oxazole rings is 1. The van der Waals surface area contributed by atoms with E-state index in [4.69, 9.17) is 4.42 Å². The number of hydrogen-bond acceptors (Lipinski definition) is 4. The summed E-state index contributed by atoms with van der Waals surface area (Å²) in [5, 5.41) is 5.93. The van der Waals surface area contributed by atoms with Gasteiger partial charge in [-0.1, -0.05) is 24.3 Å². The first kappa shape index (κ1) is 14.8. The molecule has 3 aromatic rings. The predicted molar refractivity (Wildman–Crippen MR) is 90.2 cm³/mol. The second-order valence-corrected chi connectivity index (χ2v) is 5.14. The fourth-order valence-corrected chi connectivity index (χ4v) is 2.16. The van der Waals surface area contributed by atoms with E-state index in [0.717, 1.165) is 16.9 Å². The van der Waals surface area contributed by atoms with Crippen LogP contribution in [0.15, 0.2) is 65.3 Å². The molecule has 1 heterocycles. The Hall–Kier alpha value is -3.08. The third-order valence-corrected chi connectivity index (χ3v) is 3.24. The smallest absolute Gasteiger partial charge is 0.243 e. The molecule has 0 unspecified atom stereocenters. The van der Waals surface area contributed by atoms with Crippen molar-refractivity contribution in [3.8, 4) is 11.5 Å². The van der Waals surface area contributed by atoms with Crippen molar-refractivity contribution < 1.29 is 9.21 Å². The van der Waals surface area contributed by atoms with E-state index in [0.29, 0.717) is 11.6 Å². The number of benzene rings is 2. The molecule has 0 radical (unpaired) electrons. The van der Waals surface area contributed by atoms with Crippen molar-refractivity contribution in [1.29, 1.82) is 0 Å². The van der Waals surface area contributed by atoms with Crippen molar-refractivity contribution in [2.75, 3.05) is 17.2 Å². The second kappa shape index (κ2) is 6.79. The highest BCUT2D eigenvalue weighted by molar-refractivity contribution is 5.94. The number of aryl methyl sites for hydroxylation is 1. The molecule has 0 fully saturated rings. The van der Waals surface area contributed by atoms with Crippen LogP contribution in [0, 0.1) is 6.92 Å². The molecule has 23 heavy (non-hydrogen) atoms. The van der Waals surface area contributed by atoms with Crippen molar-refractivity contribution in [1.82, 2.24) is 4.98 Å². The van der Waals surface area contributed by atoms with Gasteiger partial charge >= 0.3 is 0 Å². The molecule has 5 heteroatoms. The molecule has 2 aromatic carbocycles. The lowest BCUT2D eigenvalue weighted by molar-refractivity contribution is -0.114. The number of anilines is 2. The second-order valence-electron chi connectivity index (χ2n) is 5.14. The van der Waals surface area contributed by atoms with Crippen molar-refractivity contribution >= 4 is 17.3 Å². The van der Waals surface area contributed by atoms with Crippen LogP contribution in [0.5, 0.6) is 0 Å². The number of carbonyl (C=O) groups is 1. The molecule has 0 bridgehead atoms. The van der Waals surface area contributed by atoms with Gasteiger partial charge in [0.1, 0.15) is 6.26 Å². The van der Waals surface area contributed by atoms with Gasteiger partial charge < -0.3 is 15.1 Å². The first-order chi connectivity index (χ1) is 11.2. The van der Waals surface area contributed by atoms with Crippen molar-refractivity contribution in [3.63, 3.8) is 0 Å². The zero-order valence-corrected chi connectivity index (χ0v) is 12.7. The van der Waals surface area contributed by atoms with Gasteiger partial charge in [0, 0.05) is 16.9 Å². The highest BCUT2D eigenvalue weighted by Crippen LogP contribution is 2.21. The van der Waals surface area contributed by atoms with Gasteiger partial charge in [-0.25, -0.2) is 4.98 Å². The molecule has 0 aliphatic heterocycles. The van der Waals surface area contributed by atoms with Crippen molar-refractivity contribution in [2.45, 2.75) is 6.92 Å². The SMILES string of the molecule is Cc1coc(-c2cccc(NC(=O)CNc3ccccc3)c2)n1. The molecule has 116 valence electrons. The van der Waals surface area contributed by atoms with E-state index in [9.17, 15) is 4.79 Å². The highest BCUT2D eigenvalue weighted by Gasteiger charge is 2.07. The van der Waals surface area contributed by atoms with Crippen LogP contribution in [0.1, 0.15) is 5.69 Å². The molecule has 0 spiro atoms. The third kappa shape index (κ3) is 3.97. The van der Waals surface area contributed by atoms with Crippen LogP contribution in [0.4, 0.5) is 11.4 Å². The topological polar surface area (TPSA) is 67.2 Å². The van der Waals surface area contributed by atoms with E-state index >= 15 is 0 Å². The number of rotatable bonds is 5. The number of nitrogens with one attached hydrogen (secondary N) is 2. The molecular weight excluding hydrogens is 290 g/mol. The van der Waals surface area contributed by atoms with Crippen LogP contribution in [0.3, 0.4) is 0 Å². The summed E-state index contributed by atoms with van der Waals surface area (Å²) in [6.45, 7) is 2.07. The van der Waals surface area contributed by atoms with Gasteiger partial charge in [0.25, 0.3) is 0 Å². The van der Waals surface area contributed by atoms with E-state index in [2.05, 4.69) is 15.6 Å². The number of carbonyl (C=O) groups excluding carboxylic acids is 1. The average Bonchev–Trinajstić information content (AvgIpc) is 3.01. The maximum Gasteiger partial charge on any atom is 0.243 e. The summed E-state index contributed by atoms with van der Waals surface area (Å²) < 4.78 is 5.38. The lowest BCUT2D eigenvalue weighted by Crippen LogP contribution is -2.21. The third-order valence-electron chi connectivity index (χ3n) is 3.24. The Bertz CT molecular complexity index is 797. The van der Waals surface area contributed by atoms with Crippen LogP contribution in [-0.4, -0.2) is 17.4 Å². The molecule has 0 aliphatic carbocycles. The minimum absolute atomic E-state index is 0.116. The van der Waals surface area contributed by atoms with E-state index in [-0.39, 0.29) is 12.5 Å². The van der Waals surface area contributed by atoms with Crippen LogP contribution >= 0.6 is 0 Å². The zero-order valence-electron chi connectivity index (χ0n) is 12.7. The number of hydrogen-bond donors (Lipinski definition) is 2. The molecular formula is C18H17N3O2. The first-order valence-corrected chi connectivity index (χ1v) is 7.32. The summed E-state index contributed by atoms with van der Waals surface area (Å²) in [5.41, 5.74) is 3.26. The van der Waals surface area contributed by atoms with Gasteiger partial charge in [-0.2, -0.15) is 0 Å². The van der Waals surface area contributed by atoms with E-state index < -0.39 is 0 Å². The summed E-state index contributed by atoms with van der Waals surface area (Å²) in [5.74, 6) is 0.426. The fraction of sp³-hybridized carbons (Fsp3) is 0.111. The Labute approximate surface area is 134 Å². The Morgan fingerprint density at radius 2 is 1.87 bits per heavy atom. The van der Waals surface area contributed by atoms with Crippen LogP contribution in [0.25, 0.3) is 11.5 Å². The molecule has 0 saturated heterocycles. The minimum Gasteiger partial charge on any atom is -0.444 e.